The molecule has 0 spiro atoms. The zero-order valence-corrected chi connectivity index (χ0v) is 6.18. The van der Waals surface area contributed by atoms with Crippen LogP contribution in [-0.2, 0) is 4.79 Å². The Balaban J connectivity index is 2.71. The van der Waals surface area contributed by atoms with E-state index in [1.807, 2.05) is 6.92 Å². The first-order valence-electron chi connectivity index (χ1n) is 3.70. The molecule has 0 saturated heterocycles. The Hall–Kier alpha value is -0.790. The Kier molecular flexibility index (Phi) is 2.10. The van der Waals surface area contributed by atoms with Gasteiger partial charge in [-0.3, -0.25) is 0 Å². The Morgan fingerprint density at radius 2 is 2.20 bits per heavy atom. The predicted octanol–water partition coefficient (Wildman–Crippen LogP) is 1.96. The molecule has 1 saturated carbocycles. The molecule has 56 valence electrons. The van der Waals surface area contributed by atoms with Crippen molar-refractivity contribution in [3.05, 3.63) is 11.1 Å². The molecule has 2 nitrogen and oxygen atoms in total. The van der Waals surface area contributed by atoms with E-state index >= 15 is 0 Å². The van der Waals surface area contributed by atoms with Gasteiger partial charge in [0.2, 0.25) is 0 Å². The van der Waals surface area contributed by atoms with Crippen molar-refractivity contribution in [1.29, 1.82) is 0 Å². The molecular formula is C8H12O2. The molecule has 0 aromatic heterocycles. The van der Waals surface area contributed by atoms with Crippen LogP contribution in [0.15, 0.2) is 11.1 Å². The summed E-state index contributed by atoms with van der Waals surface area (Å²) in [6.07, 6.45) is 3.86. The molecule has 1 fully saturated rings. The van der Waals surface area contributed by atoms with E-state index in [1.54, 1.807) is 0 Å². The van der Waals surface area contributed by atoms with Crippen LogP contribution >= 0.6 is 0 Å². The molecule has 2 heteroatoms. The summed E-state index contributed by atoms with van der Waals surface area (Å²) in [7, 11) is 0. The van der Waals surface area contributed by atoms with Crippen LogP contribution in [0.4, 0.5) is 0 Å². The number of carbonyl (C=O) groups is 1. The normalized spacial score (nSPS) is 16.3. The number of aliphatic carboxylic acids is 1. The molecule has 0 aliphatic heterocycles. The molecule has 0 atom stereocenters. The summed E-state index contributed by atoms with van der Waals surface area (Å²) in [5.41, 5.74) is 1.81. The highest BCUT2D eigenvalue weighted by molar-refractivity contribution is 5.87. The number of allylic oxidation sites excluding steroid dienone is 1. The largest absolute Gasteiger partial charge is 0.478 e. The molecule has 1 aliphatic carbocycles. The number of hydrogen-bond acceptors (Lipinski definition) is 1. The highest BCUT2D eigenvalue weighted by Crippen LogP contribution is 2.29. The SMILES string of the molecule is CCC(C(=O)O)=C1CCC1. The summed E-state index contributed by atoms with van der Waals surface area (Å²) in [6.45, 7) is 1.90. The van der Waals surface area contributed by atoms with Crippen LogP contribution in [0.3, 0.4) is 0 Å². The molecule has 0 heterocycles. The average molecular weight is 140 g/mol. The third-order valence-corrected chi connectivity index (χ3v) is 2.00. The first-order valence-corrected chi connectivity index (χ1v) is 3.70. The van der Waals surface area contributed by atoms with Gasteiger partial charge in [0.15, 0.2) is 0 Å². The summed E-state index contributed by atoms with van der Waals surface area (Å²) in [5, 5.41) is 8.65. The summed E-state index contributed by atoms with van der Waals surface area (Å²) in [4.78, 5) is 10.5. The maximum absolute atomic E-state index is 10.5. The lowest BCUT2D eigenvalue weighted by atomic mass is 9.87. The van der Waals surface area contributed by atoms with Crippen LogP contribution in [0.25, 0.3) is 0 Å². The van der Waals surface area contributed by atoms with Gasteiger partial charge >= 0.3 is 5.97 Å². The van der Waals surface area contributed by atoms with Crippen LogP contribution in [0.5, 0.6) is 0 Å². The van der Waals surface area contributed by atoms with Crippen molar-refractivity contribution >= 4 is 5.97 Å². The van der Waals surface area contributed by atoms with Crippen molar-refractivity contribution in [2.75, 3.05) is 0 Å². The third kappa shape index (κ3) is 1.20. The van der Waals surface area contributed by atoms with E-state index in [1.165, 1.54) is 6.42 Å². The van der Waals surface area contributed by atoms with Crippen molar-refractivity contribution in [1.82, 2.24) is 0 Å². The molecule has 0 bridgehead atoms. The van der Waals surface area contributed by atoms with Gasteiger partial charge in [0.05, 0.1) is 0 Å². The highest BCUT2D eigenvalue weighted by atomic mass is 16.4. The van der Waals surface area contributed by atoms with Gasteiger partial charge in [-0.1, -0.05) is 12.5 Å². The summed E-state index contributed by atoms with van der Waals surface area (Å²) < 4.78 is 0. The third-order valence-electron chi connectivity index (χ3n) is 2.00. The second kappa shape index (κ2) is 2.86. The van der Waals surface area contributed by atoms with Crippen LogP contribution < -0.4 is 0 Å². The summed E-state index contributed by atoms with van der Waals surface area (Å²) in [6, 6.07) is 0. The first-order chi connectivity index (χ1) is 4.75. The Labute approximate surface area is 60.6 Å². The quantitative estimate of drug-likeness (QED) is 0.595. The minimum Gasteiger partial charge on any atom is -0.478 e. The van der Waals surface area contributed by atoms with Gasteiger partial charge in [-0.05, 0) is 25.7 Å². The average Bonchev–Trinajstić information content (AvgIpc) is 1.76. The van der Waals surface area contributed by atoms with E-state index in [2.05, 4.69) is 0 Å². The van der Waals surface area contributed by atoms with Crippen molar-refractivity contribution in [3.8, 4) is 0 Å². The van der Waals surface area contributed by atoms with Crippen molar-refractivity contribution < 1.29 is 9.90 Å². The van der Waals surface area contributed by atoms with E-state index in [0.717, 1.165) is 18.4 Å². The maximum Gasteiger partial charge on any atom is 0.331 e. The van der Waals surface area contributed by atoms with Crippen molar-refractivity contribution in [2.45, 2.75) is 32.6 Å². The van der Waals surface area contributed by atoms with Gasteiger partial charge in [0.1, 0.15) is 0 Å². The van der Waals surface area contributed by atoms with E-state index < -0.39 is 5.97 Å². The Morgan fingerprint density at radius 1 is 1.60 bits per heavy atom. The van der Waals surface area contributed by atoms with E-state index in [9.17, 15) is 4.79 Å². The van der Waals surface area contributed by atoms with E-state index in [-0.39, 0.29) is 0 Å². The molecule has 1 N–H and O–H groups in total. The number of rotatable bonds is 2. The van der Waals surface area contributed by atoms with Crippen LogP contribution in [0.2, 0.25) is 0 Å². The van der Waals surface area contributed by atoms with Gasteiger partial charge in [-0.15, -0.1) is 0 Å². The van der Waals surface area contributed by atoms with Gasteiger partial charge in [0.25, 0.3) is 0 Å². The molecule has 1 aliphatic rings. The van der Waals surface area contributed by atoms with Gasteiger partial charge < -0.3 is 5.11 Å². The molecule has 0 aromatic rings. The van der Waals surface area contributed by atoms with Crippen molar-refractivity contribution in [2.24, 2.45) is 0 Å². The van der Waals surface area contributed by atoms with Gasteiger partial charge in [-0.25, -0.2) is 4.79 Å². The summed E-state index contributed by atoms with van der Waals surface area (Å²) in [5.74, 6) is -0.725. The lowest BCUT2D eigenvalue weighted by Gasteiger charge is -2.18. The summed E-state index contributed by atoms with van der Waals surface area (Å²) >= 11 is 0. The van der Waals surface area contributed by atoms with E-state index in [4.69, 9.17) is 5.11 Å². The minimum absolute atomic E-state index is 0.645. The fourth-order valence-electron chi connectivity index (χ4n) is 1.21. The Morgan fingerprint density at radius 3 is 2.30 bits per heavy atom. The van der Waals surface area contributed by atoms with Crippen molar-refractivity contribution in [3.63, 3.8) is 0 Å². The van der Waals surface area contributed by atoms with Crippen LogP contribution in [-0.4, -0.2) is 11.1 Å². The monoisotopic (exact) mass is 140 g/mol. The molecule has 0 amide bonds. The molecule has 0 aromatic carbocycles. The number of hydrogen-bond donors (Lipinski definition) is 1. The molecule has 0 unspecified atom stereocenters. The molecule has 10 heavy (non-hydrogen) atoms. The molecule has 1 rings (SSSR count). The maximum atomic E-state index is 10.5. The Bertz CT molecular complexity index is 174. The fraction of sp³-hybridized carbons (Fsp3) is 0.625. The topological polar surface area (TPSA) is 37.3 Å². The second-order valence-electron chi connectivity index (χ2n) is 2.59. The smallest absolute Gasteiger partial charge is 0.331 e. The molecular weight excluding hydrogens is 128 g/mol. The minimum atomic E-state index is -0.725. The molecule has 0 radical (unpaired) electrons. The highest BCUT2D eigenvalue weighted by Gasteiger charge is 2.17. The first kappa shape index (κ1) is 7.32. The number of carboxylic acids is 1. The van der Waals surface area contributed by atoms with Gasteiger partial charge in [-0.2, -0.15) is 0 Å². The lowest BCUT2D eigenvalue weighted by Crippen LogP contribution is -2.09. The standard InChI is InChI=1S/C8H12O2/c1-2-7(8(9)10)6-4-3-5-6/h2-5H2,1H3,(H,9,10). The second-order valence-corrected chi connectivity index (χ2v) is 2.59. The zero-order valence-electron chi connectivity index (χ0n) is 6.18. The number of carboxylic acid groups (broad SMARTS) is 1. The van der Waals surface area contributed by atoms with Crippen LogP contribution in [0, 0.1) is 0 Å². The fourth-order valence-corrected chi connectivity index (χ4v) is 1.21. The lowest BCUT2D eigenvalue weighted by molar-refractivity contribution is -0.132. The zero-order chi connectivity index (χ0) is 7.56. The van der Waals surface area contributed by atoms with Gasteiger partial charge in [0, 0.05) is 5.57 Å². The van der Waals surface area contributed by atoms with Crippen LogP contribution in [0.1, 0.15) is 32.6 Å². The van der Waals surface area contributed by atoms with E-state index in [0.29, 0.717) is 12.0 Å². The predicted molar refractivity (Wildman–Crippen MR) is 38.8 cm³/mol.